The Morgan fingerprint density at radius 2 is 2.14 bits per heavy atom. The first-order valence-electron chi connectivity index (χ1n) is 4.85. The van der Waals surface area contributed by atoms with Gasteiger partial charge in [-0.15, -0.1) is 18.3 Å². The number of hydrogen-bond acceptors (Lipinski definition) is 2. The molecule has 0 radical (unpaired) electrons. The lowest BCUT2D eigenvalue weighted by Crippen LogP contribution is -2.28. The summed E-state index contributed by atoms with van der Waals surface area (Å²) in [7, 11) is 0. The maximum absolute atomic E-state index is 3.68. The van der Waals surface area contributed by atoms with Crippen molar-refractivity contribution < 1.29 is 0 Å². The fourth-order valence-corrected chi connectivity index (χ4v) is 1.99. The SMILES string of the molecule is C=CCNC(C)CSc1ccccc1. The quantitative estimate of drug-likeness (QED) is 0.568. The Labute approximate surface area is 90.6 Å². The van der Waals surface area contributed by atoms with Gasteiger partial charge in [0.25, 0.3) is 0 Å². The summed E-state index contributed by atoms with van der Waals surface area (Å²) in [6.07, 6.45) is 1.89. The molecule has 1 N–H and O–H groups in total. The fraction of sp³-hybridized carbons (Fsp3) is 0.333. The molecule has 1 unspecified atom stereocenters. The van der Waals surface area contributed by atoms with Gasteiger partial charge in [0.1, 0.15) is 0 Å². The number of rotatable bonds is 6. The van der Waals surface area contributed by atoms with Gasteiger partial charge in [0, 0.05) is 23.2 Å². The molecule has 0 saturated heterocycles. The van der Waals surface area contributed by atoms with Gasteiger partial charge in [0.05, 0.1) is 0 Å². The molecule has 1 aromatic carbocycles. The van der Waals surface area contributed by atoms with E-state index in [-0.39, 0.29) is 0 Å². The minimum Gasteiger partial charge on any atom is -0.310 e. The molecule has 1 nitrogen and oxygen atoms in total. The summed E-state index contributed by atoms with van der Waals surface area (Å²) in [5, 5.41) is 3.36. The van der Waals surface area contributed by atoms with Crippen molar-refractivity contribution in [2.75, 3.05) is 12.3 Å². The van der Waals surface area contributed by atoms with Crippen LogP contribution in [0.4, 0.5) is 0 Å². The standard InChI is InChI=1S/C12H17NS/c1-3-9-13-11(2)10-14-12-7-5-4-6-8-12/h3-8,11,13H,1,9-10H2,2H3. The second-order valence-corrected chi connectivity index (χ2v) is 4.32. The van der Waals surface area contributed by atoms with Crippen LogP contribution in [0.1, 0.15) is 6.92 Å². The van der Waals surface area contributed by atoms with Crippen LogP contribution in [0.25, 0.3) is 0 Å². The molecule has 1 rings (SSSR count). The first-order chi connectivity index (χ1) is 6.83. The molecule has 14 heavy (non-hydrogen) atoms. The zero-order chi connectivity index (χ0) is 10.2. The second kappa shape index (κ2) is 6.68. The molecule has 0 aliphatic rings. The molecular weight excluding hydrogens is 190 g/mol. The Balaban J connectivity index is 2.23. The monoisotopic (exact) mass is 207 g/mol. The summed E-state index contributed by atoms with van der Waals surface area (Å²) in [6, 6.07) is 11.0. The predicted octanol–water partition coefficient (Wildman–Crippen LogP) is 2.94. The minimum atomic E-state index is 0.526. The summed E-state index contributed by atoms with van der Waals surface area (Å²) in [6.45, 7) is 6.76. The minimum absolute atomic E-state index is 0.526. The van der Waals surface area contributed by atoms with Crippen LogP contribution in [0.5, 0.6) is 0 Å². The van der Waals surface area contributed by atoms with Gasteiger partial charge in [-0.3, -0.25) is 0 Å². The highest BCUT2D eigenvalue weighted by Crippen LogP contribution is 2.17. The molecule has 0 fully saturated rings. The van der Waals surface area contributed by atoms with E-state index in [4.69, 9.17) is 0 Å². The lowest BCUT2D eigenvalue weighted by molar-refractivity contribution is 0.641. The van der Waals surface area contributed by atoms with Crippen molar-refractivity contribution in [2.24, 2.45) is 0 Å². The van der Waals surface area contributed by atoms with Crippen molar-refractivity contribution in [3.05, 3.63) is 43.0 Å². The Morgan fingerprint density at radius 3 is 2.79 bits per heavy atom. The Hall–Kier alpha value is -0.730. The summed E-state index contributed by atoms with van der Waals surface area (Å²) in [5.74, 6) is 1.10. The van der Waals surface area contributed by atoms with E-state index in [2.05, 4.69) is 43.1 Å². The van der Waals surface area contributed by atoms with Crippen LogP contribution >= 0.6 is 11.8 Å². The molecule has 1 atom stereocenters. The van der Waals surface area contributed by atoms with Gasteiger partial charge in [0.2, 0.25) is 0 Å². The van der Waals surface area contributed by atoms with E-state index < -0.39 is 0 Å². The van der Waals surface area contributed by atoms with Gasteiger partial charge in [-0.2, -0.15) is 0 Å². The third-order valence-corrected chi connectivity index (χ3v) is 3.13. The van der Waals surface area contributed by atoms with Crippen molar-refractivity contribution in [2.45, 2.75) is 17.9 Å². The molecule has 1 aromatic rings. The molecule has 0 aliphatic carbocycles. The molecular formula is C12H17NS. The maximum atomic E-state index is 3.68. The zero-order valence-electron chi connectivity index (χ0n) is 8.57. The van der Waals surface area contributed by atoms with Gasteiger partial charge in [0.15, 0.2) is 0 Å². The summed E-state index contributed by atoms with van der Waals surface area (Å²) >= 11 is 1.88. The van der Waals surface area contributed by atoms with Crippen LogP contribution in [-0.2, 0) is 0 Å². The second-order valence-electron chi connectivity index (χ2n) is 3.22. The van der Waals surface area contributed by atoms with Crippen LogP contribution in [-0.4, -0.2) is 18.3 Å². The van der Waals surface area contributed by atoms with E-state index in [0.29, 0.717) is 6.04 Å². The summed E-state index contributed by atoms with van der Waals surface area (Å²) in [4.78, 5) is 1.33. The first kappa shape index (κ1) is 11.3. The highest BCUT2D eigenvalue weighted by Gasteiger charge is 2.00. The van der Waals surface area contributed by atoms with Crippen molar-refractivity contribution in [1.29, 1.82) is 0 Å². The largest absolute Gasteiger partial charge is 0.310 e. The molecule has 0 aliphatic heterocycles. The number of hydrogen-bond donors (Lipinski definition) is 1. The van der Waals surface area contributed by atoms with Gasteiger partial charge in [-0.1, -0.05) is 24.3 Å². The van der Waals surface area contributed by atoms with E-state index in [1.165, 1.54) is 4.90 Å². The van der Waals surface area contributed by atoms with E-state index >= 15 is 0 Å². The Morgan fingerprint density at radius 1 is 1.43 bits per heavy atom. The average molecular weight is 207 g/mol. The molecule has 0 amide bonds. The highest BCUT2D eigenvalue weighted by molar-refractivity contribution is 7.99. The molecule has 0 saturated carbocycles. The molecule has 0 spiro atoms. The smallest absolute Gasteiger partial charge is 0.0136 e. The Bertz CT molecular complexity index is 258. The lowest BCUT2D eigenvalue weighted by atomic mass is 10.4. The number of thioether (sulfide) groups is 1. The fourth-order valence-electron chi connectivity index (χ4n) is 1.08. The normalized spacial score (nSPS) is 12.4. The van der Waals surface area contributed by atoms with E-state index in [0.717, 1.165) is 12.3 Å². The van der Waals surface area contributed by atoms with Gasteiger partial charge >= 0.3 is 0 Å². The molecule has 0 bridgehead atoms. The molecule has 76 valence electrons. The van der Waals surface area contributed by atoms with Crippen LogP contribution in [0.3, 0.4) is 0 Å². The van der Waals surface area contributed by atoms with E-state index in [1.807, 2.05) is 23.9 Å². The van der Waals surface area contributed by atoms with Crippen LogP contribution in [0.2, 0.25) is 0 Å². The number of nitrogens with one attached hydrogen (secondary N) is 1. The predicted molar refractivity (Wildman–Crippen MR) is 64.8 cm³/mol. The molecule has 0 aromatic heterocycles. The third-order valence-electron chi connectivity index (χ3n) is 1.85. The first-order valence-corrected chi connectivity index (χ1v) is 5.83. The molecule has 0 heterocycles. The molecule has 2 heteroatoms. The zero-order valence-corrected chi connectivity index (χ0v) is 9.39. The topological polar surface area (TPSA) is 12.0 Å². The average Bonchev–Trinajstić information content (AvgIpc) is 2.25. The van der Waals surface area contributed by atoms with Crippen molar-refractivity contribution >= 4 is 11.8 Å². The summed E-state index contributed by atoms with van der Waals surface area (Å²) < 4.78 is 0. The van der Waals surface area contributed by atoms with E-state index in [9.17, 15) is 0 Å². The lowest BCUT2D eigenvalue weighted by Gasteiger charge is -2.11. The number of benzene rings is 1. The Kier molecular flexibility index (Phi) is 5.42. The van der Waals surface area contributed by atoms with Gasteiger partial charge in [-0.25, -0.2) is 0 Å². The van der Waals surface area contributed by atoms with Crippen molar-refractivity contribution in [3.8, 4) is 0 Å². The maximum Gasteiger partial charge on any atom is 0.0136 e. The highest BCUT2D eigenvalue weighted by atomic mass is 32.2. The van der Waals surface area contributed by atoms with Crippen LogP contribution in [0.15, 0.2) is 47.9 Å². The summed E-state index contributed by atoms with van der Waals surface area (Å²) in [5.41, 5.74) is 0. The van der Waals surface area contributed by atoms with Gasteiger partial charge in [-0.05, 0) is 19.1 Å². The van der Waals surface area contributed by atoms with Crippen molar-refractivity contribution in [3.63, 3.8) is 0 Å². The van der Waals surface area contributed by atoms with Crippen LogP contribution in [0, 0.1) is 0 Å². The van der Waals surface area contributed by atoms with Crippen LogP contribution < -0.4 is 5.32 Å². The van der Waals surface area contributed by atoms with Crippen molar-refractivity contribution in [1.82, 2.24) is 5.32 Å². The third kappa shape index (κ3) is 4.49. The van der Waals surface area contributed by atoms with Gasteiger partial charge < -0.3 is 5.32 Å². The van der Waals surface area contributed by atoms with E-state index in [1.54, 1.807) is 0 Å².